The number of piperidine rings is 1. The molecule has 2 N–H and O–H groups in total. The van der Waals surface area contributed by atoms with Gasteiger partial charge in [0.1, 0.15) is 0 Å². The Balaban J connectivity index is 1.47. The maximum atomic E-state index is 12.7. The molecule has 1 aliphatic heterocycles. The number of carbonyl (C=O) groups excluding carboxylic acids is 2. The van der Waals surface area contributed by atoms with Crippen molar-refractivity contribution >= 4 is 23.2 Å². The van der Waals surface area contributed by atoms with Crippen LogP contribution >= 0.6 is 0 Å². The Morgan fingerprint density at radius 1 is 1.00 bits per heavy atom. The molecule has 31 heavy (non-hydrogen) atoms. The average Bonchev–Trinajstić information content (AvgIpc) is 2.79. The predicted molar refractivity (Wildman–Crippen MR) is 122 cm³/mol. The molecule has 0 unspecified atom stereocenters. The summed E-state index contributed by atoms with van der Waals surface area (Å²) < 4.78 is 10.5. The Kier molecular flexibility index (Phi) is 7.89. The van der Waals surface area contributed by atoms with Crippen LogP contribution in [0.1, 0.15) is 25.3 Å². The lowest BCUT2D eigenvalue weighted by Crippen LogP contribution is -2.41. The quantitative estimate of drug-likeness (QED) is 0.676. The normalized spacial score (nSPS) is 14.7. The van der Waals surface area contributed by atoms with Crippen molar-refractivity contribution in [2.75, 3.05) is 44.5 Å². The topological polar surface area (TPSA) is 79.9 Å². The van der Waals surface area contributed by atoms with Crippen molar-refractivity contribution in [1.82, 2.24) is 4.90 Å². The smallest absolute Gasteiger partial charge is 0.238 e. The van der Waals surface area contributed by atoms with Gasteiger partial charge in [0.2, 0.25) is 11.8 Å². The van der Waals surface area contributed by atoms with Crippen LogP contribution in [-0.4, -0.2) is 50.6 Å². The van der Waals surface area contributed by atoms with Gasteiger partial charge in [0.15, 0.2) is 11.5 Å². The number of hydrogen-bond donors (Lipinski definition) is 2. The van der Waals surface area contributed by atoms with E-state index in [1.54, 1.807) is 32.4 Å². The second-order valence-corrected chi connectivity index (χ2v) is 7.67. The van der Waals surface area contributed by atoms with Gasteiger partial charge in [-0.15, -0.1) is 0 Å². The summed E-state index contributed by atoms with van der Waals surface area (Å²) in [4.78, 5) is 27.2. The first kappa shape index (κ1) is 22.6. The summed E-state index contributed by atoms with van der Waals surface area (Å²) in [6.45, 7) is 3.80. The van der Waals surface area contributed by atoms with Crippen LogP contribution in [-0.2, 0) is 16.0 Å². The molecule has 0 aromatic heterocycles. The summed E-state index contributed by atoms with van der Waals surface area (Å²) in [5.74, 6) is 1.12. The molecule has 1 saturated heterocycles. The molecule has 0 aliphatic carbocycles. The molecule has 166 valence electrons. The predicted octanol–water partition coefficient (Wildman–Crippen LogP) is 3.56. The molecule has 1 aliphatic rings. The monoisotopic (exact) mass is 425 g/mol. The molecule has 1 fully saturated rings. The Bertz CT molecular complexity index is 907. The van der Waals surface area contributed by atoms with Crippen LogP contribution < -0.4 is 20.1 Å². The fraction of sp³-hybridized carbons (Fsp3) is 0.417. The number of para-hydroxylation sites is 1. The third-order valence-corrected chi connectivity index (χ3v) is 5.65. The van der Waals surface area contributed by atoms with E-state index in [2.05, 4.69) is 22.5 Å². The molecule has 0 spiro atoms. The van der Waals surface area contributed by atoms with Crippen LogP contribution in [0.3, 0.4) is 0 Å². The zero-order chi connectivity index (χ0) is 22.2. The molecule has 0 radical (unpaired) electrons. The van der Waals surface area contributed by atoms with E-state index in [9.17, 15) is 9.59 Å². The third-order valence-electron chi connectivity index (χ3n) is 5.65. The summed E-state index contributed by atoms with van der Waals surface area (Å²) in [5, 5.41) is 5.98. The van der Waals surface area contributed by atoms with E-state index in [1.807, 2.05) is 24.3 Å². The van der Waals surface area contributed by atoms with E-state index in [4.69, 9.17) is 9.47 Å². The number of methoxy groups -OCH3 is 2. The van der Waals surface area contributed by atoms with Gasteiger partial charge in [-0.1, -0.05) is 25.1 Å². The molecule has 0 atom stereocenters. The van der Waals surface area contributed by atoms with E-state index in [1.165, 1.54) is 0 Å². The molecule has 3 rings (SSSR count). The van der Waals surface area contributed by atoms with E-state index < -0.39 is 0 Å². The number of anilines is 2. The number of ether oxygens (including phenoxy) is 2. The second-order valence-electron chi connectivity index (χ2n) is 7.67. The van der Waals surface area contributed by atoms with Gasteiger partial charge in [-0.3, -0.25) is 14.5 Å². The van der Waals surface area contributed by atoms with E-state index >= 15 is 0 Å². The number of rotatable bonds is 8. The van der Waals surface area contributed by atoms with Crippen molar-refractivity contribution in [1.29, 1.82) is 0 Å². The number of likely N-dealkylation sites (tertiary alicyclic amines) is 1. The van der Waals surface area contributed by atoms with Gasteiger partial charge in [-0.05, 0) is 56.1 Å². The number of benzene rings is 2. The zero-order valence-corrected chi connectivity index (χ0v) is 18.4. The number of carbonyl (C=O) groups is 2. The Hall–Kier alpha value is -3.06. The van der Waals surface area contributed by atoms with Gasteiger partial charge in [0, 0.05) is 23.4 Å². The van der Waals surface area contributed by atoms with Crippen molar-refractivity contribution in [2.45, 2.75) is 26.2 Å². The van der Waals surface area contributed by atoms with Crippen LogP contribution in [0, 0.1) is 5.92 Å². The van der Waals surface area contributed by atoms with E-state index in [0.717, 1.165) is 30.5 Å². The average molecular weight is 426 g/mol. The molecule has 1 heterocycles. The maximum absolute atomic E-state index is 12.7. The molecule has 0 saturated carbocycles. The highest BCUT2D eigenvalue weighted by molar-refractivity contribution is 5.94. The molecule has 2 amide bonds. The molecular formula is C24H31N3O4. The van der Waals surface area contributed by atoms with Crippen LogP contribution in [0.2, 0.25) is 0 Å². The van der Waals surface area contributed by atoms with Gasteiger partial charge in [-0.25, -0.2) is 0 Å². The van der Waals surface area contributed by atoms with Crippen LogP contribution in [0.4, 0.5) is 11.4 Å². The van der Waals surface area contributed by atoms with Crippen molar-refractivity contribution < 1.29 is 19.1 Å². The van der Waals surface area contributed by atoms with Gasteiger partial charge in [0.05, 0.1) is 20.8 Å². The fourth-order valence-electron chi connectivity index (χ4n) is 3.86. The maximum Gasteiger partial charge on any atom is 0.238 e. The third kappa shape index (κ3) is 5.98. The lowest BCUT2D eigenvalue weighted by molar-refractivity contribution is -0.121. The Labute approximate surface area is 183 Å². The molecule has 2 aromatic carbocycles. The van der Waals surface area contributed by atoms with Crippen LogP contribution in [0.5, 0.6) is 11.5 Å². The summed E-state index contributed by atoms with van der Waals surface area (Å²) >= 11 is 0. The van der Waals surface area contributed by atoms with Gasteiger partial charge in [0.25, 0.3) is 0 Å². The number of nitrogens with one attached hydrogen (secondary N) is 2. The lowest BCUT2D eigenvalue weighted by atomic mass is 9.95. The van der Waals surface area contributed by atoms with Crippen LogP contribution in [0.15, 0.2) is 42.5 Å². The Morgan fingerprint density at radius 2 is 1.71 bits per heavy atom. The molecule has 0 bridgehead atoms. The minimum atomic E-state index is -0.0907. The molecule has 7 heteroatoms. The first-order valence-corrected chi connectivity index (χ1v) is 10.7. The summed E-state index contributed by atoms with van der Waals surface area (Å²) in [6, 6.07) is 13.2. The second kappa shape index (κ2) is 10.8. The number of nitrogens with zero attached hydrogens (tertiary/aromatic N) is 1. The zero-order valence-electron chi connectivity index (χ0n) is 18.4. The summed E-state index contributed by atoms with van der Waals surface area (Å²) in [7, 11) is 3.13. The summed E-state index contributed by atoms with van der Waals surface area (Å²) in [5.41, 5.74) is 2.69. The van der Waals surface area contributed by atoms with Crippen LogP contribution in [0.25, 0.3) is 0 Å². The minimum Gasteiger partial charge on any atom is -0.493 e. The first-order valence-electron chi connectivity index (χ1n) is 10.7. The Morgan fingerprint density at radius 3 is 2.39 bits per heavy atom. The fourth-order valence-corrected chi connectivity index (χ4v) is 3.86. The minimum absolute atomic E-state index is 0.0323. The van der Waals surface area contributed by atoms with E-state index in [-0.39, 0.29) is 17.7 Å². The molecular weight excluding hydrogens is 394 g/mol. The number of amides is 2. The molecule has 2 aromatic rings. The number of hydrogen-bond acceptors (Lipinski definition) is 5. The largest absolute Gasteiger partial charge is 0.493 e. The van der Waals surface area contributed by atoms with Gasteiger partial charge >= 0.3 is 0 Å². The molecule has 7 nitrogen and oxygen atoms in total. The highest BCUT2D eigenvalue weighted by Crippen LogP contribution is 2.29. The van der Waals surface area contributed by atoms with Crippen molar-refractivity contribution in [3.8, 4) is 11.5 Å². The standard InChI is InChI=1S/C24H31N3O4/c1-4-17-7-5-6-8-20(17)26-24(29)18-11-13-27(14-12-18)16-23(28)25-19-9-10-21(30-2)22(15-19)31-3/h5-10,15,18H,4,11-14,16H2,1-3H3,(H,25,28)(H,26,29). The SMILES string of the molecule is CCc1ccccc1NC(=O)C1CCN(CC(=O)Nc2ccc(OC)c(OC)c2)CC1. The highest BCUT2D eigenvalue weighted by Gasteiger charge is 2.26. The van der Waals surface area contributed by atoms with Gasteiger partial charge < -0.3 is 20.1 Å². The van der Waals surface area contributed by atoms with E-state index in [0.29, 0.717) is 36.8 Å². The van der Waals surface area contributed by atoms with Crippen molar-refractivity contribution in [3.05, 3.63) is 48.0 Å². The first-order chi connectivity index (χ1) is 15.0. The highest BCUT2D eigenvalue weighted by atomic mass is 16.5. The van der Waals surface area contributed by atoms with Gasteiger partial charge in [-0.2, -0.15) is 0 Å². The number of aryl methyl sites for hydroxylation is 1. The lowest BCUT2D eigenvalue weighted by Gasteiger charge is -2.30. The summed E-state index contributed by atoms with van der Waals surface area (Å²) in [6.07, 6.45) is 2.36. The van der Waals surface area contributed by atoms with Crippen molar-refractivity contribution in [2.24, 2.45) is 5.92 Å². The van der Waals surface area contributed by atoms with Crippen molar-refractivity contribution in [3.63, 3.8) is 0 Å².